The second-order valence-electron chi connectivity index (χ2n) is 6.05. The Hall–Kier alpha value is -2.25. The van der Waals surface area contributed by atoms with Crippen LogP contribution in [0.5, 0.6) is 0 Å². The van der Waals surface area contributed by atoms with E-state index in [0.717, 1.165) is 24.7 Å². The molecule has 2 aromatic rings. The molecule has 25 heavy (non-hydrogen) atoms. The normalized spacial score (nSPS) is 12.6. The first-order valence-electron chi connectivity index (χ1n) is 8.06. The van der Waals surface area contributed by atoms with Gasteiger partial charge in [0.15, 0.2) is 0 Å². The number of hydrogen-bond acceptors (Lipinski definition) is 5. The molecule has 0 aliphatic rings. The molecule has 2 rings (SSSR count). The highest BCUT2D eigenvalue weighted by Gasteiger charge is 2.16. The number of pyridine rings is 1. The number of sulfone groups is 1. The van der Waals surface area contributed by atoms with Crippen LogP contribution >= 0.6 is 0 Å². The molecule has 0 bridgehead atoms. The van der Waals surface area contributed by atoms with Gasteiger partial charge < -0.3 is 11.1 Å². The van der Waals surface area contributed by atoms with Crippen LogP contribution in [-0.4, -0.2) is 37.4 Å². The fourth-order valence-corrected chi connectivity index (χ4v) is 3.00. The molecule has 0 spiro atoms. The van der Waals surface area contributed by atoms with Crippen LogP contribution in [-0.2, 0) is 27.5 Å². The topological polar surface area (TPSA) is 102 Å². The number of rotatable bonds is 8. The van der Waals surface area contributed by atoms with Crippen molar-refractivity contribution in [3.05, 3.63) is 59.8 Å². The maximum absolute atomic E-state index is 12.0. The lowest BCUT2D eigenvalue weighted by molar-refractivity contribution is -0.117. The lowest BCUT2D eigenvalue weighted by atomic mass is 10.1. The molecule has 1 aromatic heterocycles. The van der Waals surface area contributed by atoms with E-state index in [-0.39, 0.29) is 12.2 Å². The van der Waals surface area contributed by atoms with Gasteiger partial charge in [-0.15, -0.1) is 0 Å². The summed E-state index contributed by atoms with van der Waals surface area (Å²) in [6, 6.07) is 13.0. The van der Waals surface area contributed by atoms with Crippen molar-refractivity contribution < 1.29 is 13.2 Å². The number of nitrogens with one attached hydrogen (secondary N) is 1. The van der Waals surface area contributed by atoms with Crippen LogP contribution in [0.15, 0.2) is 48.7 Å². The Labute approximate surface area is 148 Å². The number of carbonyl (C=O) groups excluding carboxylic acids is 1. The Bertz CT molecular complexity index is 807. The van der Waals surface area contributed by atoms with Gasteiger partial charge in [-0.05, 0) is 42.5 Å². The van der Waals surface area contributed by atoms with Gasteiger partial charge in [0.2, 0.25) is 5.91 Å². The van der Waals surface area contributed by atoms with Crippen LogP contribution in [0.25, 0.3) is 0 Å². The third-order valence-corrected chi connectivity index (χ3v) is 4.73. The van der Waals surface area contributed by atoms with E-state index in [1.165, 1.54) is 5.56 Å². The Balaban J connectivity index is 1.90. The van der Waals surface area contributed by atoms with Crippen molar-refractivity contribution in [3.63, 3.8) is 0 Å². The maximum Gasteiger partial charge on any atom is 0.242 e. The zero-order valence-electron chi connectivity index (χ0n) is 14.2. The number of carbonyl (C=O) groups is 1. The average molecular weight is 361 g/mol. The minimum Gasteiger partial charge on any atom is -0.320 e. The largest absolute Gasteiger partial charge is 0.320 e. The van der Waals surface area contributed by atoms with Gasteiger partial charge in [-0.2, -0.15) is 0 Å². The fraction of sp³-hybridized carbons (Fsp3) is 0.333. The van der Waals surface area contributed by atoms with Crippen LogP contribution in [0.4, 0.5) is 5.82 Å². The number of anilines is 1. The van der Waals surface area contributed by atoms with E-state index in [1.807, 2.05) is 30.3 Å². The van der Waals surface area contributed by atoms with Crippen molar-refractivity contribution in [1.82, 2.24) is 4.98 Å². The lowest BCUT2D eigenvalue weighted by Crippen LogP contribution is -2.37. The SMILES string of the molecule is CS(=O)(=O)CCC(N)C(=O)Nc1cc(CCc2ccccc2)ccn1. The molecular formula is C18H23N3O3S. The Morgan fingerprint density at radius 1 is 1.16 bits per heavy atom. The average Bonchev–Trinajstić information content (AvgIpc) is 2.58. The molecule has 1 aromatic carbocycles. The van der Waals surface area contributed by atoms with E-state index in [4.69, 9.17) is 5.73 Å². The first kappa shape index (κ1) is 19.1. The van der Waals surface area contributed by atoms with E-state index < -0.39 is 21.8 Å². The molecule has 7 heteroatoms. The smallest absolute Gasteiger partial charge is 0.242 e. The van der Waals surface area contributed by atoms with E-state index >= 15 is 0 Å². The van der Waals surface area contributed by atoms with Gasteiger partial charge in [0.25, 0.3) is 0 Å². The summed E-state index contributed by atoms with van der Waals surface area (Å²) < 4.78 is 22.3. The van der Waals surface area contributed by atoms with Gasteiger partial charge in [0.1, 0.15) is 15.7 Å². The Morgan fingerprint density at radius 2 is 1.84 bits per heavy atom. The lowest BCUT2D eigenvalue weighted by Gasteiger charge is -2.12. The van der Waals surface area contributed by atoms with Crippen molar-refractivity contribution in [2.75, 3.05) is 17.3 Å². The maximum atomic E-state index is 12.0. The number of aryl methyl sites for hydroxylation is 2. The van der Waals surface area contributed by atoms with E-state index in [9.17, 15) is 13.2 Å². The van der Waals surface area contributed by atoms with Crippen LogP contribution in [0.1, 0.15) is 17.5 Å². The summed E-state index contributed by atoms with van der Waals surface area (Å²) >= 11 is 0. The predicted molar refractivity (Wildman–Crippen MR) is 99.0 cm³/mol. The van der Waals surface area contributed by atoms with Gasteiger partial charge in [-0.1, -0.05) is 30.3 Å². The molecule has 1 amide bonds. The molecule has 0 aliphatic carbocycles. The van der Waals surface area contributed by atoms with Gasteiger partial charge in [-0.3, -0.25) is 4.79 Å². The third kappa shape index (κ3) is 7.03. The second kappa shape index (κ2) is 8.73. The van der Waals surface area contributed by atoms with Crippen LogP contribution < -0.4 is 11.1 Å². The standard InChI is InChI=1S/C18H23N3O3S/c1-25(23,24)12-10-16(19)18(22)21-17-13-15(9-11-20-17)8-7-14-5-3-2-4-6-14/h2-6,9,11,13,16H,7-8,10,12,19H2,1H3,(H,20,21,22). The molecule has 0 fully saturated rings. The molecule has 3 N–H and O–H groups in total. The summed E-state index contributed by atoms with van der Waals surface area (Å²) in [5, 5.41) is 2.65. The highest BCUT2D eigenvalue weighted by Crippen LogP contribution is 2.11. The Morgan fingerprint density at radius 3 is 2.52 bits per heavy atom. The van der Waals surface area contributed by atoms with Gasteiger partial charge in [-0.25, -0.2) is 13.4 Å². The zero-order chi connectivity index (χ0) is 18.3. The second-order valence-corrected chi connectivity index (χ2v) is 8.31. The number of nitrogens with two attached hydrogens (primary N) is 1. The molecule has 1 heterocycles. The van der Waals surface area contributed by atoms with Crippen LogP contribution in [0.2, 0.25) is 0 Å². The van der Waals surface area contributed by atoms with E-state index in [1.54, 1.807) is 6.20 Å². The van der Waals surface area contributed by atoms with Crippen LogP contribution in [0.3, 0.4) is 0 Å². The molecule has 0 saturated carbocycles. The number of amides is 1. The van der Waals surface area contributed by atoms with Gasteiger partial charge >= 0.3 is 0 Å². The fourth-order valence-electron chi connectivity index (χ4n) is 2.32. The molecule has 0 radical (unpaired) electrons. The Kier molecular flexibility index (Phi) is 6.66. The van der Waals surface area contributed by atoms with Crippen molar-refractivity contribution >= 4 is 21.6 Å². The van der Waals surface area contributed by atoms with Crippen molar-refractivity contribution in [1.29, 1.82) is 0 Å². The number of nitrogens with zero attached hydrogens (tertiary/aromatic N) is 1. The van der Waals surface area contributed by atoms with E-state index in [0.29, 0.717) is 5.82 Å². The predicted octanol–water partition coefficient (Wildman–Crippen LogP) is 1.57. The van der Waals surface area contributed by atoms with Crippen molar-refractivity contribution in [2.45, 2.75) is 25.3 Å². The first-order valence-corrected chi connectivity index (χ1v) is 10.1. The summed E-state index contributed by atoms with van der Waals surface area (Å²) in [5.41, 5.74) is 8.04. The molecule has 1 atom stereocenters. The molecule has 0 aliphatic heterocycles. The summed E-state index contributed by atoms with van der Waals surface area (Å²) in [6.07, 6.45) is 4.56. The quantitative estimate of drug-likeness (QED) is 0.743. The summed E-state index contributed by atoms with van der Waals surface area (Å²) in [5.74, 6) is -0.131. The number of benzene rings is 1. The zero-order valence-corrected chi connectivity index (χ0v) is 15.0. The molecule has 6 nitrogen and oxygen atoms in total. The first-order chi connectivity index (χ1) is 11.8. The van der Waals surface area contributed by atoms with E-state index in [2.05, 4.69) is 22.4 Å². The number of hydrogen-bond donors (Lipinski definition) is 2. The highest BCUT2D eigenvalue weighted by molar-refractivity contribution is 7.90. The summed E-state index contributed by atoms with van der Waals surface area (Å²) in [6.45, 7) is 0. The third-order valence-electron chi connectivity index (χ3n) is 3.76. The van der Waals surface area contributed by atoms with Gasteiger partial charge in [0, 0.05) is 12.5 Å². The number of aromatic nitrogens is 1. The molecule has 1 unspecified atom stereocenters. The van der Waals surface area contributed by atoms with Gasteiger partial charge in [0.05, 0.1) is 11.8 Å². The minimum atomic E-state index is -3.14. The summed E-state index contributed by atoms with van der Waals surface area (Å²) in [7, 11) is -3.14. The molecule has 134 valence electrons. The summed E-state index contributed by atoms with van der Waals surface area (Å²) in [4.78, 5) is 16.2. The van der Waals surface area contributed by atoms with Crippen molar-refractivity contribution in [2.24, 2.45) is 5.73 Å². The van der Waals surface area contributed by atoms with Crippen LogP contribution in [0, 0.1) is 0 Å². The molecule has 0 saturated heterocycles. The minimum absolute atomic E-state index is 0.0817. The monoisotopic (exact) mass is 361 g/mol. The van der Waals surface area contributed by atoms with Crippen molar-refractivity contribution in [3.8, 4) is 0 Å². The highest BCUT2D eigenvalue weighted by atomic mass is 32.2. The molecular weight excluding hydrogens is 338 g/mol.